The van der Waals surface area contributed by atoms with Crippen molar-refractivity contribution in [3.63, 3.8) is 0 Å². The topological polar surface area (TPSA) is 55.1 Å². The van der Waals surface area contributed by atoms with E-state index >= 15 is 0 Å². The van der Waals surface area contributed by atoms with Crippen LogP contribution in [0.25, 0.3) is 0 Å². The lowest BCUT2D eigenvalue weighted by Crippen LogP contribution is -2.25. The van der Waals surface area contributed by atoms with Crippen molar-refractivity contribution in [3.8, 4) is 11.8 Å². The maximum atomic E-state index is 13.3. The minimum absolute atomic E-state index is 0.202. The summed E-state index contributed by atoms with van der Waals surface area (Å²) in [5.41, 5.74) is 6.07. The first-order valence-corrected chi connectivity index (χ1v) is 7.84. The third-order valence-corrected chi connectivity index (χ3v) is 3.31. The summed E-state index contributed by atoms with van der Waals surface area (Å²) >= 11 is 1.78. The molecule has 0 radical (unpaired) electrons. The number of unbranched alkanes of at least 4 members (excludes halogenated alkanes) is 1. The van der Waals surface area contributed by atoms with Gasteiger partial charge in [0.15, 0.2) is 0 Å². The zero-order valence-corrected chi connectivity index (χ0v) is 12.4. The van der Waals surface area contributed by atoms with E-state index in [-0.39, 0.29) is 18.0 Å². The molecule has 20 heavy (non-hydrogen) atoms. The van der Waals surface area contributed by atoms with Gasteiger partial charge < -0.3 is 11.1 Å². The molecule has 3 N–H and O–H groups in total. The lowest BCUT2D eigenvalue weighted by Gasteiger charge is -2.07. The van der Waals surface area contributed by atoms with Crippen molar-refractivity contribution in [3.05, 3.63) is 35.1 Å². The smallest absolute Gasteiger partial charge is 0.252 e. The first-order chi connectivity index (χ1) is 9.69. The summed E-state index contributed by atoms with van der Waals surface area (Å²) in [6, 6.07) is 3.99. The van der Waals surface area contributed by atoms with Crippen LogP contribution in [0.3, 0.4) is 0 Å². The van der Waals surface area contributed by atoms with Gasteiger partial charge in [-0.1, -0.05) is 11.8 Å². The van der Waals surface area contributed by atoms with Gasteiger partial charge in [0.25, 0.3) is 5.91 Å². The Kier molecular flexibility index (Phi) is 7.78. The summed E-state index contributed by atoms with van der Waals surface area (Å²) in [6.07, 6.45) is 4.00. The summed E-state index contributed by atoms with van der Waals surface area (Å²) in [5, 5.41) is 2.79. The quantitative estimate of drug-likeness (QED) is 0.623. The van der Waals surface area contributed by atoms with Crippen molar-refractivity contribution in [1.82, 2.24) is 5.32 Å². The second-order valence-corrected chi connectivity index (χ2v) is 5.14. The van der Waals surface area contributed by atoms with Crippen molar-refractivity contribution in [1.29, 1.82) is 0 Å². The molecule has 0 fully saturated rings. The fourth-order valence-electron chi connectivity index (χ4n) is 1.63. The van der Waals surface area contributed by atoms with E-state index in [1.807, 2.05) is 6.26 Å². The molecule has 1 aromatic carbocycles. The maximum absolute atomic E-state index is 13.3. The van der Waals surface area contributed by atoms with E-state index in [4.69, 9.17) is 5.73 Å². The molecule has 0 heterocycles. The number of rotatable bonds is 6. The van der Waals surface area contributed by atoms with Gasteiger partial charge in [-0.2, -0.15) is 11.8 Å². The third-order valence-electron chi connectivity index (χ3n) is 2.61. The highest BCUT2D eigenvalue weighted by Gasteiger charge is 2.10. The van der Waals surface area contributed by atoms with Gasteiger partial charge in [0.2, 0.25) is 0 Å². The molecule has 0 atom stereocenters. The average molecular weight is 294 g/mol. The van der Waals surface area contributed by atoms with E-state index in [1.54, 1.807) is 11.8 Å². The SMILES string of the molecule is CSCCCCNC(=O)c1cc(F)ccc1C#CCN. The maximum Gasteiger partial charge on any atom is 0.252 e. The normalized spacial score (nSPS) is 9.75. The molecule has 0 spiro atoms. The molecule has 3 nitrogen and oxygen atoms in total. The van der Waals surface area contributed by atoms with Gasteiger partial charge in [-0.15, -0.1) is 0 Å². The third kappa shape index (κ3) is 5.64. The van der Waals surface area contributed by atoms with Crippen molar-refractivity contribution < 1.29 is 9.18 Å². The molecule has 0 saturated heterocycles. The van der Waals surface area contributed by atoms with Crippen molar-refractivity contribution in [2.45, 2.75) is 12.8 Å². The Bertz CT molecular complexity index is 508. The largest absolute Gasteiger partial charge is 0.352 e. The first-order valence-electron chi connectivity index (χ1n) is 6.44. The summed E-state index contributed by atoms with van der Waals surface area (Å²) in [5.74, 6) is 5.79. The molecule has 0 aliphatic heterocycles. The Hall–Kier alpha value is -1.51. The van der Waals surface area contributed by atoms with E-state index in [2.05, 4.69) is 17.2 Å². The van der Waals surface area contributed by atoms with Gasteiger partial charge >= 0.3 is 0 Å². The molecule has 0 unspecified atom stereocenters. The number of nitrogens with one attached hydrogen (secondary N) is 1. The van der Waals surface area contributed by atoms with Gasteiger partial charge in [-0.05, 0) is 43.0 Å². The zero-order valence-electron chi connectivity index (χ0n) is 11.5. The molecule has 0 saturated carbocycles. The van der Waals surface area contributed by atoms with Crippen LogP contribution in [-0.2, 0) is 0 Å². The molecule has 5 heteroatoms. The van der Waals surface area contributed by atoms with Crippen molar-refractivity contribution in [2.24, 2.45) is 5.73 Å². The monoisotopic (exact) mass is 294 g/mol. The molecular formula is C15H19FN2OS. The standard InChI is InChI=1S/C15H19FN2OS/c1-20-10-3-2-9-18-15(19)14-11-13(16)7-6-12(14)5-4-8-17/h6-7,11H,2-3,8-10,17H2,1H3,(H,18,19). The predicted molar refractivity (Wildman–Crippen MR) is 82.3 cm³/mol. The van der Waals surface area contributed by atoms with Gasteiger partial charge in [-0.3, -0.25) is 4.79 Å². The summed E-state index contributed by atoms with van der Waals surface area (Å²) in [4.78, 5) is 12.0. The van der Waals surface area contributed by atoms with E-state index in [9.17, 15) is 9.18 Å². The second-order valence-electron chi connectivity index (χ2n) is 4.15. The zero-order chi connectivity index (χ0) is 14.8. The summed E-state index contributed by atoms with van der Waals surface area (Å²) < 4.78 is 13.3. The lowest BCUT2D eigenvalue weighted by atomic mass is 10.1. The van der Waals surface area contributed by atoms with Crippen molar-refractivity contribution in [2.75, 3.05) is 25.1 Å². The molecule has 1 amide bonds. The fraction of sp³-hybridized carbons (Fsp3) is 0.400. The molecular weight excluding hydrogens is 275 g/mol. The van der Waals surface area contributed by atoms with Crippen LogP contribution in [0.15, 0.2) is 18.2 Å². The van der Waals surface area contributed by atoms with Crippen molar-refractivity contribution >= 4 is 17.7 Å². The minimum Gasteiger partial charge on any atom is -0.352 e. The molecule has 0 aliphatic carbocycles. The number of hydrogen-bond donors (Lipinski definition) is 2. The summed E-state index contributed by atoms with van der Waals surface area (Å²) in [6.45, 7) is 0.785. The molecule has 0 aromatic heterocycles. The van der Waals surface area contributed by atoms with E-state index in [0.717, 1.165) is 18.6 Å². The van der Waals surface area contributed by atoms with Crippen LogP contribution in [0.2, 0.25) is 0 Å². The highest BCUT2D eigenvalue weighted by Crippen LogP contribution is 2.10. The Morgan fingerprint density at radius 2 is 2.25 bits per heavy atom. The predicted octanol–water partition coefficient (Wildman–Crippen LogP) is 2.01. The number of carbonyl (C=O) groups excluding carboxylic acids is 1. The Labute approximate surface area is 123 Å². The number of hydrogen-bond acceptors (Lipinski definition) is 3. The summed E-state index contributed by atoms with van der Waals surface area (Å²) in [7, 11) is 0. The highest BCUT2D eigenvalue weighted by atomic mass is 32.2. The van der Waals surface area contributed by atoms with Gasteiger partial charge in [0.1, 0.15) is 5.82 Å². The number of thioether (sulfide) groups is 1. The molecule has 0 bridgehead atoms. The van der Waals surface area contributed by atoms with Crippen LogP contribution in [0.5, 0.6) is 0 Å². The Morgan fingerprint density at radius 1 is 1.45 bits per heavy atom. The van der Waals surface area contributed by atoms with Crippen LogP contribution in [0, 0.1) is 17.7 Å². The molecule has 108 valence electrons. The number of amides is 1. The molecule has 1 rings (SSSR count). The van der Waals surface area contributed by atoms with Crippen LogP contribution in [-0.4, -0.2) is 31.0 Å². The Balaban J connectivity index is 2.68. The van der Waals surface area contributed by atoms with Gasteiger partial charge in [0, 0.05) is 12.1 Å². The van der Waals surface area contributed by atoms with Crippen LogP contribution in [0.1, 0.15) is 28.8 Å². The fourth-order valence-corrected chi connectivity index (χ4v) is 2.12. The number of nitrogens with two attached hydrogens (primary N) is 1. The second kappa shape index (κ2) is 9.40. The number of halogens is 1. The van der Waals surface area contributed by atoms with Crippen LogP contribution >= 0.6 is 11.8 Å². The lowest BCUT2D eigenvalue weighted by molar-refractivity contribution is 0.0952. The molecule has 1 aromatic rings. The number of benzene rings is 1. The van der Waals surface area contributed by atoms with E-state index in [1.165, 1.54) is 18.2 Å². The van der Waals surface area contributed by atoms with Crippen LogP contribution < -0.4 is 11.1 Å². The van der Waals surface area contributed by atoms with Gasteiger partial charge in [-0.25, -0.2) is 4.39 Å². The van der Waals surface area contributed by atoms with Crippen LogP contribution in [0.4, 0.5) is 4.39 Å². The Morgan fingerprint density at radius 3 is 2.95 bits per heavy atom. The minimum atomic E-state index is -0.448. The van der Waals surface area contributed by atoms with E-state index < -0.39 is 5.82 Å². The molecule has 0 aliphatic rings. The number of carbonyl (C=O) groups is 1. The highest BCUT2D eigenvalue weighted by molar-refractivity contribution is 7.98. The van der Waals surface area contributed by atoms with Gasteiger partial charge in [0.05, 0.1) is 12.1 Å². The first kappa shape index (κ1) is 16.5. The van der Waals surface area contributed by atoms with E-state index in [0.29, 0.717) is 12.1 Å². The average Bonchev–Trinajstić information content (AvgIpc) is 2.45.